The summed E-state index contributed by atoms with van der Waals surface area (Å²) >= 11 is 0. The molecule has 0 bridgehead atoms. The first-order valence-electron chi connectivity index (χ1n) is 8.05. The van der Waals surface area contributed by atoms with Crippen LogP contribution in [-0.4, -0.2) is 18.5 Å². The molecule has 19 heavy (non-hydrogen) atoms. The Balaban J connectivity index is 1.92. The molecular formula is C16H30N2O. The van der Waals surface area contributed by atoms with Crippen LogP contribution in [0.1, 0.15) is 65.2 Å². The Labute approximate surface area is 117 Å². The van der Waals surface area contributed by atoms with Crippen LogP contribution in [0.2, 0.25) is 0 Å². The number of hydrogen-bond donors (Lipinski definition) is 2. The third-order valence-corrected chi connectivity index (χ3v) is 5.37. The van der Waals surface area contributed by atoms with Crippen molar-refractivity contribution in [1.82, 2.24) is 5.32 Å². The maximum atomic E-state index is 12.5. The van der Waals surface area contributed by atoms with Gasteiger partial charge in [0.25, 0.3) is 0 Å². The van der Waals surface area contributed by atoms with Crippen molar-refractivity contribution in [3.8, 4) is 0 Å². The number of rotatable bonds is 4. The van der Waals surface area contributed by atoms with Gasteiger partial charge in [-0.15, -0.1) is 0 Å². The van der Waals surface area contributed by atoms with Gasteiger partial charge in [0.15, 0.2) is 0 Å². The highest BCUT2D eigenvalue weighted by atomic mass is 16.2. The van der Waals surface area contributed by atoms with Gasteiger partial charge < -0.3 is 11.1 Å². The van der Waals surface area contributed by atoms with Crippen molar-refractivity contribution < 1.29 is 4.79 Å². The van der Waals surface area contributed by atoms with E-state index < -0.39 is 0 Å². The van der Waals surface area contributed by atoms with E-state index in [2.05, 4.69) is 19.2 Å². The highest BCUT2D eigenvalue weighted by Gasteiger charge is 2.40. The van der Waals surface area contributed by atoms with Gasteiger partial charge in [0.1, 0.15) is 0 Å². The number of nitrogens with one attached hydrogen (secondary N) is 1. The second-order valence-electron chi connectivity index (χ2n) is 7.18. The molecular weight excluding hydrogens is 236 g/mol. The van der Waals surface area contributed by atoms with Crippen LogP contribution in [-0.2, 0) is 4.79 Å². The molecule has 2 aliphatic rings. The Morgan fingerprint density at radius 1 is 1.21 bits per heavy atom. The van der Waals surface area contributed by atoms with E-state index in [1.807, 2.05) is 0 Å². The molecule has 0 aromatic carbocycles. The van der Waals surface area contributed by atoms with E-state index in [0.717, 1.165) is 6.42 Å². The quantitative estimate of drug-likeness (QED) is 0.822. The summed E-state index contributed by atoms with van der Waals surface area (Å²) in [5.41, 5.74) is 6.07. The summed E-state index contributed by atoms with van der Waals surface area (Å²) in [6.07, 6.45) is 9.80. The maximum Gasteiger partial charge on any atom is 0.223 e. The Kier molecular flexibility index (Phi) is 4.88. The molecule has 3 N–H and O–H groups in total. The molecule has 0 aromatic heterocycles. The fourth-order valence-corrected chi connectivity index (χ4v) is 4.00. The largest absolute Gasteiger partial charge is 0.352 e. The SMILES string of the molecule is CC1(C)CCCC1C(=O)NC(CN)C1CCCCC1. The van der Waals surface area contributed by atoms with Crippen LogP contribution in [0.25, 0.3) is 0 Å². The average molecular weight is 266 g/mol. The molecule has 2 aliphatic carbocycles. The molecule has 110 valence electrons. The average Bonchev–Trinajstić information content (AvgIpc) is 2.76. The third-order valence-electron chi connectivity index (χ3n) is 5.37. The topological polar surface area (TPSA) is 55.1 Å². The molecule has 0 saturated heterocycles. The maximum absolute atomic E-state index is 12.5. The highest BCUT2D eigenvalue weighted by molar-refractivity contribution is 5.80. The Bertz CT molecular complexity index is 308. The molecule has 3 nitrogen and oxygen atoms in total. The lowest BCUT2D eigenvalue weighted by molar-refractivity contribution is -0.128. The van der Waals surface area contributed by atoms with E-state index in [-0.39, 0.29) is 23.3 Å². The van der Waals surface area contributed by atoms with Crippen LogP contribution in [0, 0.1) is 17.3 Å². The van der Waals surface area contributed by atoms with Gasteiger partial charge in [-0.2, -0.15) is 0 Å². The van der Waals surface area contributed by atoms with E-state index in [9.17, 15) is 4.79 Å². The molecule has 0 radical (unpaired) electrons. The lowest BCUT2D eigenvalue weighted by atomic mass is 9.80. The van der Waals surface area contributed by atoms with E-state index in [4.69, 9.17) is 5.73 Å². The molecule has 2 atom stereocenters. The highest BCUT2D eigenvalue weighted by Crippen LogP contribution is 2.42. The summed E-state index contributed by atoms with van der Waals surface area (Å²) in [6, 6.07) is 0.198. The molecule has 1 amide bonds. The number of hydrogen-bond acceptors (Lipinski definition) is 2. The summed E-state index contributed by atoms with van der Waals surface area (Å²) in [7, 11) is 0. The standard InChI is InChI=1S/C16H30N2O/c1-16(2)10-6-9-13(16)15(19)18-14(11-17)12-7-4-3-5-8-12/h12-14H,3-11,17H2,1-2H3,(H,18,19). The molecule has 3 heteroatoms. The molecule has 0 aliphatic heterocycles. The fourth-order valence-electron chi connectivity index (χ4n) is 4.00. The van der Waals surface area contributed by atoms with Crippen LogP contribution < -0.4 is 11.1 Å². The molecule has 2 unspecified atom stereocenters. The summed E-state index contributed by atoms with van der Waals surface area (Å²) in [6.45, 7) is 5.04. The molecule has 0 aromatic rings. The first kappa shape index (κ1) is 14.8. The zero-order valence-corrected chi connectivity index (χ0v) is 12.6. The van der Waals surface area contributed by atoms with E-state index in [1.165, 1.54) is 44.9 Å². The van der Waals surface area contributed by atoms with E-state index in [1.54, 1.807) is 0 Å². The zero-order valence-electron chi connectivity index (χ0n) is 12.6. The Hall–Kier alpha value is -0.570. The van der Waals surface area contributed by atoms with Gasteiger partial charge in [0, 0.05) is 18.5 Å². The minimum Gasteiger partial charge on any atom is -0.352 e. The minimum atomic E-state index is 0.162. The number of carbonyl (C=O) groups excluding carboxylic acids is 1. The van der Waals surface area contributed by atoms with Gasteiger partial charge in [-0.3, -0.25) is 4.79 Å². The monoisotopic (exact) mass is 266 g/mol. The van der Waals surface area contributed by atoms with Crippen LogP contribution in [0.5, 0.6) is 0 Å². The van der Waals surface area contributed by atoms with E-state index in [0.29, 0.717) is 12.5 Å². The van der Waals surface area contributed by atoms with Gasteiger partial charge in [0.2, 0.25) is 5.91 Å². The van der Waals surface area contributed by atoms with Gasteiger partial charge >= 0.3 is 0 Å². The Morgan fingerprint density at radius 2 is 1.89 bits per heavy atom. The molecule has 2 rings (SSSR count). The van der Waals surface area contributed by atoms with E-state index >= 15 is 0 Å². The van der Waals surface area contributed by atoms with Crippen molar-refractivity contribution in [1.29, 1.82) is 0 Å². The number of nitrogens with two attached hydrogens (primary N) is 1. The van der Waals surface area contributed by atoms with Gasteiger partial charge in [-0.05, 0) is 37.0 Å². The van der Waals surface area contributed by atoms with Crippen molar-refractivity contribution >= 4 is 5.91 Å². The first-order chi connectivity index (χ1) is 9.04. The van der Waals surface area contributed by atoms with Gasteiger partial charge in [-0.1, -0.05) is 39.5 Å². The normalized spacial score (nSPS) is 29.1. The fraction of sp³-hybridized carbons (Fsp3) is 0.938. The summed E-state index contributed by atoms with van der Waals surface area (Å²) in [4.78, 5) is 12.5. The van der Waals surface area contributed by atoms with Gasteiger partial charge in [0.05, 0.1) is 0 Å². The van der Waals surface area contributed by atoms with Crippen molar-refractivity contribution in [3.05, 3.63) is 0 Å². The predicted molar refractivity (Wildman–Crippen MR) is 78.7 cm³/mol. The van der Waals surface area contributed by atoms with Crippen LogP contribution >= 0.6 is 0 Å². The second-order valence-corrected chi connectivity index (χ2v) is 7.18. The molecule has 0 heterocycles. The second kappa shape index (κ2) is 6.25. The van der Waals surface area contributed by atoms with Crippen LogP contribution in [0.15, 0.2) is 0 Å². The summed E-state index contributed by atoms with van der Waals surface area (Å²) in [5, 5.41) is 3.27. The smallest absolute Gasteiger partial charge is 0.223 e. The number of amides is 1. The lowest BCUT2D eigenvalue weighted by Gasteiger charge is -2.33. The lowest BCUT2D eigenvalue weighted by Crippen LogP contribution is -2.49. The number of carbonyl (C=O) groups is 1. The predicted octanol–water partition coefficient (Wildman–Crippen LogP) is 2.84. The zero-order chi connectivity index (χ0) is 13.9. The molecule has 2 saturated carbocycles. The molecule has 0 spiro atoms. The molecule has 2 fully saturated rings. The van der Waals surface area contributed by atoms with Crippen LogP contribution in [0.4, 0.5) is 0 Å². The minimum absolute atomic E-state index is 0.162. The summed E-state index contributed by atoms with van der Waals surface area (Å²) in [5.74, 6) is 1.04. The summed E-state index contributed by atoms with van der Waals surface area (Å²) < 4.78 is 0. The first-order valence-corrected chi connectivity index (χ1v) is 8.05. The van der Waals surface area contributed by atoms with Crippen molar-refractivity contribution in [2.45, 2.75) is 71.3 Å². The van der Waals surface area contributed by atoms with Crippen LogP contribution in [0.3, 0.4) is 0 Å². The third kappa shape index (κ3) is 3.50. The van der Waals surface area contributed by atoms with Crippen molar-refractivity contribution in [3.63, 3.8) is 0 Å². The van der Waals surface area contributed by atoms with Gasteiger partial charge in [-0.25, -0.2) is 0 Å². The van der Waals surface area contributed by atoms with Crippen molar-refractivity contribution in [2.24, 2.45) is 23.0 Å². The van der Waals surface area contributed by atoms with Crippen molar-refractivity contribution in [2.75, 3.05) is 6.54 Å². The Morgan fingerprint density at radius 3 is 2.42 bits per heavy atom.